The Labute approximate surface area is 109 Å². The van der Waals surface area contributed by atoms with Gasteiger partial charge in [-0.2, -0.15) is 0 Å². The maximum atomic E-state index is 6.14. The molecule has 3 heteroatoms. The molecule has 0 aliphatic heterocycles. The van der Waals surface area contributed by atoms with Crippen LogP contribution in [-0.2, 0) is 11.3 Å². The Morgan fingerprint density at radius 1 is 1.53 bits per heavy atom. The molecule has 1 N–H and O–H groups in total. The quantitative estimate of drug-likeness (QED) is 0.753. The number of rotatable bonds is 7. The summed E-state index contributed by atoms with van der Waals surface area (Å²) in [5.74, 6) is 0. The van der Waals surface area contributed by atoms with E-state index in [9.17, 15) is 0 Å². The third-order valence-electron chi connectivity index (χ3n) is 2.45. The molecule has 17 heavy (non-hydrogen) atoms. The average molecular weight is 254 g/mol. The Bertz CT molecular complexity index is 365. The first-order chi connectivity index (χ1) is 8.13. The van der Waals surface area contributed by atoms with Crippen molar-refractivity contribution in [2.45, 2.75) is 26.5 Å². The fourth-order valence-electron chi connectivity index (χ4n) is 1.50. The number of hydrogen-bond acceptors (Lipinski definition) is 2. The van der Waals surface area contributed by atoms with Crippen molar-refractivity contribution in [2.24, 2.45) is 0 Å². The summed E-state index contributed by atoms with van der Waals surface area (Å²) in [7, 11) is 0. The second-order valence-corrected chi connectivity index (χ2v) is 4.57. The molecule has 0 radical (unpaired) electrons. The second-order valence-electron chi connectivity index (χ2n) is 4.16. The van der Waals surface area contributed by atoms with Gasteiger partial charge in [0, 0.05) is 18.1 Å². The van der Waals surface area contributed by atoms with Crippen LogP contribution in [0.1, 0.15) is 18.1 Å². The van der Waals surface area contributed by atoms with E-state index in [0.29, 0.717) is 6.61 Å². The first-order valence-electron chi connectivity index (χ1n) is 5.81. The molecule has 1 aromatic carbocycles. The molecular formula is C14H20ClNO. The number of benzene rings is 1. The summed E-state index contributed by atoms with van der Waals surface area (Å²) in [6, 6.07) is 6.11. The summed E-state index contributed by atoms with van der Waals surface area (Å²) in [4.78, 5) is 0. The highest BCUT2D eigenvalue weighted by Crippen LogP contribution is 2.17. The van der Waals surface area contributed by atoms with Crippen LogP contribution in [0, 0.1) is 6.92 Å². The van der Waals surface area contributed by atoms with E-state index in [-0.39, 0.29) is 6.10 Å². The molecule has 0 heterocycles. The summed E-state index contributed by atoms with van der Waals surface area (Å²) >= 11 is 6.14. The SMILES string of the molecule is C=CCOC(C)CNCc1ccc(C)cc1Cl. The molecule has 1 unspecified atom stereocenters. The van der Waals surface area contributed by atoms with Crippen molar-refractivity contribution in [3.05, 3.63) is 47.0 Å². The van der Waals surface area contributed by atoms with Crippen molar-refractivity contribution >= 4 is 11.6 Å². The Hall–Kier alpha value is -0.830. The molecule has 0 aliphatic rings. The number of ether oxygens (including phenoxy) is 1. The second kappa shape index (κ2) is 7.49. The van der Waals surface area contributed by atoms with E-state index >= 15 is 0 Å². The molecule has 0 saturated carbocycles. The van der Waals surface area contributed by atoms with Crippen LogP contribution < -0.4 is 5.32 Å². The predicted octanol–water partition coefficient (Wildman–Crippen LogP) is 3.33. The van der Waals surface area contributed by atoms with E-state index in [4.69, 9.17) is 16.3 Å². The molecule has 0 fully saturated rings. The predicted molar refractivity (Wildman–Crippen MR) is 73.5 cm³/mol. The minimum Gasteiger partial charge on any atom is -0.373 e. The first-order valence-corrected chi connectivity index (χ1v) is 6.19. The van der Waals surface area contributed by atoms with Gasteiger partial charge in [-0.05, 0) is 31.0 Å². The Kier molecular flexibility index (Phi) is 6.27. The van der Waals surface area contributed by atoms with Gasteiger partial charge in [0.1, 0.15) is 0 Å². The fraction of sp³-hybridized carbons (Fsp3) is 0.429. The van der Waals surface area contributed by atoms with Gasteiger partial charge in [-0.1, -0.05) is 29.8 Å². The van der Waals surface area contributed by atoms with Crippen LogP contribution in [0.15, 0.2) is 30.9 Å². The topological polar surface area (TPSA) is 21.3 Å². The standard InChI is InChI=1S/C14H20ClNO/c1-4-7-17-12(3)9-16-10-13-6-5-11(2)8-14(13)15/h4-6,8,12,16H,1,7,9-10H2,2-3H3. The number of aryl methyl sites for hydroxylation is 1. The Balaban J connectivity index is 2.33. The molecule has 2 nitrogen and oxygen atoms in total. The van der Waals surface area contributed by atoms with Crippen LogP contribution in [-0.4, -0.2) is 19.3 Å². The Morgan fingerprint density at radius 3 is 2.94 bits per heavy atom. The van der Waals surface area contributed by atoms with Gasteiger partial charge in [-0.15, -0.1) is 6.58 Å². The van der Waals surface area contributed by atoms with Crippen molar-refractivity contribution in [2.75, 3.05) is 13.2 Å². The zero-order chi connectivity index (χ0) is 12.7. The molecule has 1 atom stereocenters. The largest absolute Gasteiger partial charge is 0.373 e. The van der Waals surface area contributed by atoms with E-state index in [1.54, 1.807) is 6.08 Å². The number of nitrogens with one attached hydrogen (secondary N) is 1. The maximum Gasteiger partial charge on any atom is 0.0675 e. The zero-order valence-corrected chi connectivity index (χ0v) is 11.3. The highest BCUT2D eigenvalue weighted by Gasteiger charge is 2.03. The lowest BCUT2D eigenvalue weighted by Gasteiger charge is -2.13. The lowest BCUT2D eigenvalue weighted by Crippen LogP contribution is -2.26. The summed E-state index contributed by atoms with van der Waals surface area (Å²) in [5, 5.41) is 4.14. The molecule has 1 rings (SSSR count). The normalized spacial score (nSPS) is 12.4. The van der Waals surface area contributed by atoms with Crippen LogP contribution in [0.2, 0.25) is 5.02 Å². The lowest BCUT2D eigenvalue weighted by atomic mass is 10.1. The van der Waals surface area contributed by atoms with Gasteiger partial charge in [-0.25, -0.2) is 0 Å². The van der Waals surface area contributed by atoms with Crippen LogP contribution in [0.5, 0.6) is 0 Å². The lowest BCUT2D eigenvalue weighted by molar-refractivity contribution is 0.0877. The number of hydrogen-bond donors (Lipinski definition) is 1. The van der Waals surface area contributed by atoms with E-state index in [1.807, 2.05) is 19.9 Å². The zero-order valence-electron chi connectivity index (χ0n) is 10.5. The van der Waals surface area contributed by atoms with Crippen molar-refractivity contribution in [1.29, 1.82) is 0 Å². The molecular weight excluding hydrogens is 234 g/mol. The molecule has 1 aromatic rings. The fourth-order valence-corrected chi connectivity index (χ4v) is 1.80. The molecule has 0 spiro atoms. The maximum absolute atomic E-state index is 6.14. The smallest absolute Gasteiger partial charge is 0.0675 e. The van der Waals surface area contributed by atoms with Crippen LogP contribution in [0.4, 0.5) is 0 Å². The van der Waals surface area contributed by atoms with Gasteiger partial charge < -0.3 is 10.1 Å². The van der Waals surface area contributed by atoms with Gasteiger partial charge >= 0.3 is 0 Å². The van der Waals surface area contributed by atoms with E-state index in [0.717, 1.165) is 23.7 Å². The molecule has 0 bridgehead atoms. The number of halogens is 1. The van der Waals surface area contributed by atoms with Crippen molar-refractivity contribution in [1.82, 2.24) is 5.32 Å². The molecule has 0 saturated heterocycles. The molecule has 94 valence electrons. The van der Waals surface area contributed by atoms with E-state index < -0.39 is 0 Å². The van der Waals surface area contributed by atoms with Gasteiger partial charge in [0.2, 0.25) is 0 Å². The van der Waals surface area contributed by atoms with Crippen LogP contribution in [0.25, 0.3) is 0 Å². The van der Waals surface area contributed by atoms with Gasteiger partial charge in [-0.3, -0.25) is 0 Å². The van der Waals surface area contributed by atoms with Gasteiger partial charge in [0.05, 0.1) is 12.7 Å². The first kappa shape index (κ1) is 14.2. The van der Waals surface area contributed by atoms with Gasteiger partial charge in [0.15, 0.2) is 0 Å². The van der Waals surface area contributed by atoms with Crippen LogP contribution >= 0.6 is 11.6 Å². The third-order valence-corrected chi connectivity index (χ3v) is 2.81. The van der Waals surface area contributed by atoms with Crippen molar-refractivity contribution < 1.29 is 4.74 Å². The average Bonchev–Trinajstić information content (AvgIpc) is 2.29. The monoisotopic (exact) mass is 253 g/mol. The highest BCUT2D eigenvalue weighted by atomic mass is 35.5. The van der Waals surface area contributed by atoms with E-state index in [1.165, 1.54) is 5.56 Å². The molecule has 0 amide bonds. The summed E-state index contributed by atoms with van der Waals surface area (Å²) in [6.07, 6.45) is 1.94. The summed E-state index contributed by atoms with van der Waals surface area (Å²) in [6.45, 7) is 9.85. The minimum atomic E-state index is 0.178. The van der Waals surface area contributed by atoms with Crippen molar-refractivity contribution in [3.8, 4) is 0 Å². The third kappa shape index (κ3) is 5.35. The minimum absolute atomic E-state index is 0.178. The molecule has 0 aliphatic carbocycles. The van der Waals surface area contributed by atoms with E-state index in [2.05, 4.69) is 24.0 Å². The van der Waals surface area contributed by atoms with Gasteiger partial charge in [0.25, 0.3) is 0 Å². The summed E-state index contributed by atoms with van der Waals surface area (Å²) < 4.78 is 5.46. The molecule has 0 aromatic heterocycles. The Morgan fingerprint density at radius 2 is 2.29 bits per heavy atom. The van der Waals surface area contributed by atoms with Crippen molar-refractivity contribution in [3.63, 3.8) is 0 Å². The van der Waals surface area contributed by atoms with Crippen LogP contribution in [0.3, 0.4) is 0 Å². The summed E-state index contributed by atoms with van der Waals surface area (Å²) in [5.41, 5.74) is 2.30. The highest BCUT2D eigenvalue weighted by molar-refractivity contribution is 6.31.